The van der Waals surface area contributed by atoms with Crippen LogP contribution >= 0.6 is 0 Å². The summed E-state index contributed by atoms with van der Waals surface area (Å²) in [6, 6.07) is 1.24. The maximum absolute atomic E-state index is 10.3. The Morgan fingerprint density at radius 1 is 1.58 bits per heavy atom. The minimum absolute atomic E-state index is 0.279. The molecular weight excluding hydrogens is 160 g/mol. The van der Waals surface area contributed by atoms with Crippen LogP contribution in [-0.2, 0) is 0 Å². The van der Waals surface area contributed by atoms with Crippen LogP contribution in [0.5, 0.6) is 5.75 Å². The normalized spacial score (nSPS) is 9.83. The molecule has 0 unspecified atom stereocenters. The molecule has 1 rings (SSSR count). The lowest BCUT2D eigenvalue weighted by Crippen LogP contribution is -1.94. The Labute approximate surface area is 68.8 Å². The first-order chi connectivity index (χ1) is 5.52. The minimum atomic E-state index is -0.628. The van der Waals surface area contributed by atoms with E-state index in [2.05, 4.69) is 4.98 Å². The van der Waals surface area contributed by atoms with Crippen molar-refractivity contribution in [1.29, 1.82) is 0 Å². The molecule has 0 spiro atoms. The van der Waals surface area contributed by atoms with E-state index in [1.807, 2.05) is 0 Å². The van der Waals surface area contributed by atoms with Gasteiger partial charge in [-0.3, -0.25) is 15.1 Å². The van der Waals surface area contributed by atoms with Gasteiger partial charge in [0.05, 0.1) is 10.6 Å². The molecule has 0 bridgehead atoms. The van der Waals surface area contributed by atoms with Crippen molar-refractivity contribution in [2.75, 3.05) is 0 Å². The van der Waals surface area contributed by atoms with Gasteiger partial charge in [0.25, 0.3) is 0 Å². The summed E-state index contributed by atoms with van der Waals surface area (Å²) in [7, 11) is 0. The van der Waals surface area contributed by atoms with Crippen LogP contribution < -0.4 is 0 Å². The fourth-order valence-electron chi connectivity index (χ4n) is 0.940. The first-order valence-electron chi connectivity index (χ1n) is 3.34. The fourth-order valence-corrected chi connectivity index (χ4v) is 0.940. The fraction of sp³-hybridized carbons (Fsp3) is 0.286. The van der Waals surface area contributed by atoms with Gasteiger partial charge in [-0.1, -0.05) is 0 Å². The van der Waals surface area contributed by atoms with Crippen LogP contribution in [0.15, 0.2) is 6.07 Å². The average Bonchev–Trinajstić information content (AvgIpc) is 1.96. The first-order valence-corrected chi connectivity index (χ1v) is 3.34. The van der Waals surface area contributed by atoms with Crippen molar-refractivity contribution in [3.63, 3.8) is 0 Å². The second-order valence-corrected chi connectivity index (χ2v) is 2.47. The van der Waals surface area contributed by atoms with Crippen LogP contribution in [0.4, 0.5) is 5.69 Å². The molecule has 1 aromatic rings. The van der Waals surface area contributed by atoms with E-state index in [0.29, 0.717) is 5.69 Å². The van der Waals surface area contributed by atoms with Crippen LogP contribution in [0.2, 0.25) is 0 Å². The average molecular weight is 168 g/mol. The van der Waals surface area contributed by atoms with Gasteiger partial charge in [-0.15, -0.1) is 0 Å². The molecule has 0 amide bonds. The van der Waals surface area contributed by atoms with E-state index in [4.69, 9.17) is 0 Å². The van der Waals surface area contributed by atoms with Gasteiger partial charge in [-0.2, -0.15) is 0 Å². The number of nitrogens with zero attached hydrogens (tertiary/aromatic N) is 2. The zero-order valence-electron chi connectivity index (χ0n) is 6.74. The van der Waals surface area contributed by atoms with Crippen molar-refractivity contribution in [3.05, 3.63) is 27.6 Å². The maximum Gasteiger partial charge on any atom is 0.314 e. The number of aromatic hydroxyl groups is 1. The van der Waals surface area contributed by atoms with Gasteiger partial charge in [0, 0.05) is 11.8 Å². The Balaban J connectivity index is 3.37. The molecule has 0 radical (unpaired) electrons. The molecule has 0 saturated heterocycles. The summed E-state index contributed by atoms with van der Waals surface area (Å²) >= 11 is 0. The van der Waals surface area contributed by atoms with E-state index in [0.717, 1.165) is 0 Å². The Hall–Kier alpha value is -1.65. The van der Waals surface area contributed by atoms with Crippen molar-refractivity contribution in [3.8, 4) is 5.75 Å². The summed E-state index contributed by atoms with van der Waals surface area (Å²) in [5, 5.41) is 19.5. The lowest BCUT2D eigenvalue weighted by molar-refractivity contribution is -0.386. The molecule has 1 aromatic heterocycles. The molecule has 1 N–H and O–H groups in total. The van der Waals surface area contributed by atoms with Crippen molar-refractivity contribution < 1.29 is 10.0 Å². The maximum atomic E-state index is 10.3. The summed E-state index contributed by atoms with van der Waals surface area (Å²) in [5.41, 5.74) is 0.513. The molecule has 12 heavy (non-hydrogen) atoms. The second-order valence-electron chi connectivity index (χ2n) is 2.47. The summed E-state index contributed by atoms with van der Waals surface area (Å²) < 4.78 is 0. The van der Waals surface area contributed by atoms with E-state index in [1.54, 1.807) is 6.92 Å². The third-order valence-corrected chi connectivity index (χ3v) is 1.47. The first kappa shape index (κ1) is 8.45. The number of pyridine rings is 1. The number of rotatable bonds is 1. The Kier molecular flexibility index (Phi) is 1.95. The molecule has 1 heterocycles. The zero-order valence-corrected chi connectivity index (χ0v) is 6.74. The van der Waals surface area contributed by atoms with Crippen LogP contribution in [0.3, 0.4) is 0 Å². The van der Waals surface area contributed by atoms with E-state index < -0.39 is 4.92 Å². The van der Waals surface area contributed by atoms with E-state index in [1.165, 1.54) is 13.0 Å². The van der Waals surface area contributed by atoms with E-state index in [9.17, 15) is 15.2 Å². The SMILES string of the molecule is Cc1cc([N+](=O)[O-])c(O)c(C)n1. The van der Waals surface area contributed by atoms with Gasteiger partial charge in [0.1, 0.15) is 0 Å². The second kappa shape index (κ2) is 2.77. The summed E-state index contributed by atoms with van der Waals surface area (Å²) in [4.78, 5) is 13.6. The summed E-state index contributed by atoms with van der Waals surface area (Å²) in [6.45, 7) is 3.16. The van der Waals surface area contributed by atoms with Gasteiger partial charge in [-0.25, -0.2) is 0 Å². The van der Waals surface area contributed by atoms with Gasteiger partial charge in [0.15, 0.2) is 0 Å². The number of nitro groups is 1. The van der Waals surface area contributed by atoms with Gasteiger partial charge in [-0.05, 0) is 13.8 Å². The predicted molar refractivity (Wildman–Crippen MR) is 42.0 cm³/mol. The quantitative estimate of drug-likeness (QED) is 0.506. The Bertz CT molecular complexity index is 336. The molecule has 5 nitrogen and oxygen atoms in total. The monoisotopic (exact) mass is 168 g/mol. The van der Waals surface area contributed by atoms with Crippen molar-refractivity contribution >= 4 is 5.69 Å². The highest BCUT2D eigenvalue weighted by molar-refractivity contribution is 5.48. The van der Waals surface area contributed by atoms with Crippen molar-refractivity contribution in [2.24, 2.45) is 0 Å². The molecule has 5 heteroatoms. The summed E-state index contributed by atoms with van der Waals surface area (Å²) in [6.07, 6.45) is 0. The van der Waals surface area contributed by atoms with Gasteiger partial charge in [0.2, 0.25) is 5.75 Å². The number of hydrogen-bond donors (Lipinski definition) is 1. The largest absolute Gasteiger partial charge is 0.501 e. The Morgan fingerprint density at radius 3 is 2.67 bits per heavy atom. The van der Waals surface area contributed by atoms with Gasteiger partial charge < -0.3 is 5.11 Å². The molecular formula is C7H8N2O3. The molecule has 64 valence electrons. The van der Waals surface area contributed by atoms with Crippen LogP contribution in [0, 0.1) is 24.0 Å². The molecule has 0 fully saturated rings. The van der Waals surface area contributed by atoms with Gasteiger partial charge >= 0.3 is 5.69 Å². The molecule has 0 aliphatic carbocycles. The molecule has 0 saturated carbocycles. The molecule has 0 atom stereocenters. The smallest absolute Gasteiger partial charge is 0.314 e. The molecule has 0 aliphatic rings. The number of aryl methyl sites for hydroxylation is 2. The number of aromatic nitrogens is 1. The summed E-state index contributed by atoms with van der Waals surface area (Å²) in [5.74, 6) is -0.356. The van der Waals surface area contributed by atoms with Crippen LogP contribution in [0.1, 0.15) is 11.4 Å². The lowest BCUT2D eigenvalue weighted by atomic mass is 10.2. The topological polar surface area (TPSA) is 76.3 Å². The zero-order chi connectivity index (χ0) is 9.30. The highest BCUT2D eigenvalue weighted by Gasteiger charge is 2.16. The molecule has 0 aromatic carbocycles. The third kappa shape index (κ3) is 1.34. The van der Waals surface area contributed by atoms with E-state index >= 15 is 0 Å². The Morgan fingerprint density at radius 2 is 2.17 bits per heavy atom. The van der Waals surface area contributed by atoms with E-state index in [-0.39, 0.29) is 17.1 Å². The standard InChI is InChI=1S/C7H8N2O3/c1-4-3-6(9(11)12)7(10)5(2)8-4/h3,10H,1-2H3. The number of hydrogen-bond acceptors (Lipinski definition) is 4. The molecule has 0 aliphatic heterocycles. The van der Waals surface area contributed by atoms with Crippen molar-refractivity contribution in [1.82, 2.24) is 4.98 Å². The van der Waals surface area contributed by atoms with Crippen molar-refractivity contribution in [2.45, 2.75) is 13.8 Å². The van der Waals surface area contributed by atoms with Crippen LogP contribution in [-0.4, -0.2) is 15.0 Å². The third-order valence-electron chi connectivity index (χ3n) is 1.47. The predicted octanol–water partition coefficient (Wildman–Crippen LogP) is 1.31. The highest BCUT2D eigenvalue weighted by atomic mass is 16.6. The van der Waals surface area contributed by atoms with Crippen LogP contribution in [0.25, 0.3) is 0 Å². The highest BCUT2D eigenvalue weighted by Crippen LogP contribution is 2.27. The lowest BCUT2D eigenvalue weighted by Gasteiger charge is -1.99. The minimum Gasteiger partial charge on any atom is -0.501 e.